The van der Waals surface area contributed by atoms with Crippen LogP contribution >= 0.6 is 11.6 Å². The number of halogens is 1. The second kappa shape index (κ2) is 10.5. The van der Waals surface area contributed by atoms with E-state index in [-0.39, 0.29) is 30.2 Å². The third kappa shape index (κ3) is 6.12. The number of hydrogen-bond donors (Lipinski definition) is 2. The molecule has 0 unspecified atom stereocenters. The molecule has 1 fully saturated rings. The van der Waals surface area contributed by atoms with E-state index in [0.29, 0.717) is 0 Å². The number of esters is 1. The zero-order valence-electron chi connectivity index (χ0n) is 14.5. The van der Waals surface area contributed by atoms with Crippen LogP contribution in [0, 0.1) is 0 Å². The van der Waals surface area contributed by atoms with E-state index in [9.17, 15) is 9.59 Å². The number of anilines is 1. The molecule has 1 saturated heterocycles. The van der Waals surface area contributed by atoms with Crippen LogP contribution in [0.25, 0.3) is 0 Å². The summed E-state index contributed by atoms with van der Waals surface area (Å²) >= 11 is 5.91. The van der Waals surface area contributed by atoms with Crippen molar-refractivity contribution >= 4 is 23.4 Å². The minimum absolute atomic E-state index is 0.109. The molecule has 8 nitrogen and oxygen atoms in total. The molecule has 0 aliphatic carbocycles. The van der Waals surface area contributed by atoms with Crippen LogP contribution in [0.2, 0.25) is 5.15 Å². The monoisotopic (exact) mass is 379 g/mol. The van der Waals surface area contributed by atoms with Crippen LogP contribution in [0.5, 0.6) is 0 Å². The number of pyridine rings is 1. The first-order valence-electron chi connectivity index (χ1n) is 8.35. The van der Waals surface area contributed by atoms with Gasteiger partial charge in [0.1, 0.15) is 11.7 Å². The molecule has 1 aliphatic heterocycles. The molecule has 3 heterocycles. The van der Waals surface area contributed by atoms with Gasteiger partial charge >= 0.3 is 5.97 Å². The molecule has 2 N–H and O–H groups in total. The Morgan fingerprint density at radius 3 is 2.73 bits per heavy atom. The van der Waals surface area contributed by atoms with Gasteiger partial charge in [-0.05, 0) is 32.0 Å². The highest BCUT2D eigenvalue weighted by molar-refractivity contribution is 6.29. The number of aromatic nitrogens is 3. The van der Waals surface area contributed by atoms with Crippen LogP contribution in [0.15, 0.2) is 41.6 Å². The van der Waals surface area contributed by atoms with Gasteiger partial charge in [-0.3, -0.25) is 19.1 Å². The molecular formula is C17H22ClN5O3. The van der Waals surface area contributed by atoms with E-state index in [1.807, 2.05) is 18.2 Å². The maximum absolute atomic E-state index is 12.2. The lowest BCUT2D eigenvalue weighted by Gasteiger charge is -2.14. The number of carbonyl (C=O) groups excluding carboxylic acids is 1. The number of nitrogens with zero attached hydrogens (tertiary/aromatic N) is 3. The standard InChI is InChI=1S/C12H17ClN4O3.C5H5N/c1-2-20-10(18)7-17-9(13)6-15-11(12(17)19)16-8-3-4-14-5-8;1-2-4-6-5-3-1/h6,8,14H,2-5,7H2,1H3,(H,15,16);1-5H/t8-;/m0./s1. The molecule has 1 atom stereocenters. The first-order chi connectivity index (χ1) is 12.6. The van der Waals surface area contributed by atoms with Crippen LogP contribution < -0.4 is 16.2 Å². The SMILES string of the molecule is CCOC(=O)Cn1c(Cl)cnc(N[C@H]2CCNC2)c1=O.c1ccncc1. The Morgan fingerprint density at radius 1 is 1.42 bits per heavy atom. The number of ether oxygens (including phenoxy) is 1. The van der Waals surface area contributed by atoms with Crippen molar-refractivity contribution in [3.05, 3.63) is 52.3 Å². The molecule has 2 aromatic rings. The first kappa shape index (κ1) is 19.9. The highest BCUT2D eigenvalue weighted by Crippen LogP contribution is 2.09. The molecule has 1 aliphatic rings. The highest BCUT2D eigenvalue weighted by Gasteiger charge is 2.18. The lowest BCUT2D eigenvalue weighted by atomic mass is 10.2. The maximum atomic E-state index is 12.2. The van der Waals surface area contributed by atoms with Gasteiger partial charge in [-0.25, -0.2) is 4.98 Å². The molecule has 9 heteroatoms. The van der Waals surface area contributed by atoms with Crippen molar-refractivity contribution in [3.8, 4) is 0 Å². The van der Waals surface area contributed by atoms with Gasteiger partial charge in [-0.2, -0.15) is 0 Å². The first-order valence-corrected chi connectivity index (χ1v) is 8.72. The van der Waals surface area contributed by atoms with E-state index in [2.05, 4.69) is 20.6 Å². The Morgan fingerprint density at radius 2 is 2.19 bits per heavy atom. The van der Waals surface area contributed by atoms with Crippen molar-refractivity contribution in [1.29, 1.82) is 0 Å². The van der Waals surface area contributed by atoms with Gasteiger partial charge < -0.3 is 15.4 Å². The van der Waals surface area contributed by atoms with Gasteiger partial charge in [0.25, 0.3) is 5.56 Å². The van der Waals surface area contributed by atoms with E-state index in [1.54, 1.807) is 19.3 Å². The summed E-state index contributed by atoms with van der Waals surface area (Å²) in [5, 5.41) is 6.36. The summed E-state index contributed by atoms with van der Waals surface area (Å²) < 4.78 is 5.97. The van der Waals surface area contributed by atoms with Crippen molar-refractivity contribution in [2.45, 2.75) is 25.9 Å². The lowest BCUT2D eigenvalue weighted by Crippen LogP contribution is -2.32. The van der Waals surface area contributed by atoms with Crippen LogP contribution in [0.1, 0.15) is 13.3 Å². The Hall–Kier alpha value is -2.45. The predicted molar refractivity (Wildman–Crippen MR) is 99.3 cm³/mol. The smallest absolute Gasteiger partial charge is 0.326 e. The largest absolute Gasteiger partial charge is 0.465 e. The second-order valence-corrected chi connectivity index (χ2v) is 5.87. The fraction of sp³-hybridized carbons (Fsp3) is 0.412. The van der Waals surface area contributed by atoms with Crippen molar-refractivity contribution in [2.75, 3.05) is 25.0 Å². The lowest BCUT2D eigenvalue weighted by molar-refractivity contribution is -0.143. The number of hydrogen-bond acceptors (Lipinski definition) is 7. The summed E-state index contributed by atoms with van der Waals surface area (Å²) in [4.78, 5) is 31.5. The maximum Gasteiger partial charge on any atom is 0.326 e. The number of carbonyl (C=O) groups is 1. The van der Waals surface area contributed by atoms with Crippen molar-refractivity contribution in [1.82, 2.24) is 19.9 Å². The van der Waals surface area contributed by atoms with Crippen LogP contribution in [0.3, 0.4) is 0 Å². The summed E-state index contributed by atoms with van der Waals surface area (Å²) in [5.74, 6) is -0.302. The van der Waals surface area contributed by atoms with Crippen molar-refractivity contribution in [2.24, 2.45) is 0 Å². The summed E-state index contributed by atoms with van der Waals surface area (Å²) in [6.45, 7) is 3.43. The summed E-state index contributed by atoms with van der Waals surface area (Å²) in [7, 11) is 0. The zero-order valence-corrected chi connectivity index (χ0v) is 15.3. The molecule has 0 radical (unpaired) electrons. The molecule has 26 heavy (non-hydrogen) atoms. The molecule has 0 amide bonds. The van der Waals surface area contributed by atoms with Crippen molar-refractivity contribution < 1.29 is 9.53 Å². The topological polar surface area (TPSA) is 98.1 Å². The van der Waals surface area contributed by atoms with Gasteiger partial charge in [-0.15, -0.1) is 0 Å². The summed E-state index contributed by atoms with van der Waals surface area (Å²) in [6.07, 6.45) is 5.77. The fourth-order valence-electron chi connectivity index (χ4n) is 2.33. The van der Waals surface area contributed by atoms with Gasteiger partial charge in [0, 0.05) is 25.0 Å². The quantitative estimate of drug-likeness (QED) is 0.756. The van der Waals surface area contributed by atoms with Gasteiger partial charge in [0.15, 0.2) is 5.82 Å². The number of rotatable bonds is 5. The minimum atomic E-state index is -0.504. The molecule has 3 rings (SSSR count). The molecule has 140 valence electrons. The summed E-state index contributed by atoms with van der Waals surface area (Å²) in [6, 6.07) is 5.87. The predicted octanol–water partition coefficient (Wildman–Crippen LogP) is 1.32. The zero-order chi connectivity index (χ0) is 18.8. The summed E-state index contributed by atoms with van der Waals surface area (Å²) in [5.41, 5.74) is -0.419. The van der Waals surface area contributed by atoms with Gasteiger partial charge in [0.2, 0.25) is 0 Å². The van der Waals surface area contributed by atoms with Gasteiger partial charge in [0.05, 0.1) is 12.8 Å². The Kier molecular flexibility index (Phi) is 8.04. The molecule has 0 bridgehead atoms. The molecule has 0 aromatic carbocycles. The average Bonchev–Trinajstić information content (AvgIpc) is 3.16. The Labute approximate surface area is 156 Å². The van der Waals surface area contributed by atoms with Gasteiger partial charge in [-0.1, -0.05) is 17.7 Å². The van der Waals surface area contributed by atoms with E-state index >= 15 is 0 Å². The highest BCUT2D eigenvalue weighted by atomic mass is 35.5. The molecule has 2 aromatic heterocycles. The molecule has 0 saturated carbocycles. The van der Waals surface area contributed by atoms with Crippen LogP contribution in [-0.2, 0) is 16.1 Å². The Balaban J connectivity index is 0.000000342. The van der Waals surface area contributed by atoms with Crippen LogP contribution in [0.4, 0.5) is 5.82 Å². The van der Waals surface area contributed by atoms with Crippen molar-refractivity contribution in [3.63, 3.8) is 0 Å². The van der Waals surface area contributed by atoms with Crippen LogP contribution in [-0.4, -0.2) is 46.2 Å². The third-order valence-electron chi connectivity index (χ3n) is 3.57. The van der Waals surface area contributed by atoms with E-state index < -0.39 is 11.5 Å². The normalized spacial score (nSPS) is 15.7. The minimum Gasteiger partial charge on any atom is -0.465 e. The average molecular weight is 380 g/mol. The number of nitrogens with one attached hydrogen (secondary N) is 2. The van der Waals surface area contributed by atoms with E-state index in [1.165, 1.54) is 6.20 Å². The molecule has 0 spiro atoms. The van der Waals surface area contributed by atoms with E-state index in [4.69, 9.17) is 16.3 Å². The Bertz CT molecular complexity index is 721. The third-order valence-corrected chi connectivity index (χ3v) is 3.87. The molecular weight excluding hydrogens is 358 g/mol. The fourth-order valence-corrected chi connectivity index (χ4v) is 2.52. The van der Waals surface area contributed by atoms with E-state index in [0.717, 1.165) is 24.1 Å². The second-order valence-electron chi connectivity index (χ2n) is 5.48.